The summed E-state index contributed by atoms with van der Waals surface area (Å²) in [5, 5.41) is 25.2. The minimum absolute atomic E-state index is 0.0265. The molecule has 210 valence electrons. The van der Waals surface area contributed by atoms with E-state index in [9.17, 15) is 19.8 Å². The number of rotatable bonds is 11. The topological polar surface area (TPSA) is 106 Å². The molecular weight excluding hydrogens is 490 g/mol. The minimum atomic E-state index is -0.827. The highest BCUT2D eigenvalue weighted by molar-refractivity contribution is 5.87. The van der Waals surface area contributed by atoms with Crippen LogP contribution in [0.25, 0.3) is 10.9 Å². The Morgan fingerprint density at radius 2 is 1.85 bits per heavy atom. The highest BCUT2D eigenvalue weighted by Gasteiger charge is 2.23. The Bertz CT molecular complexity index is 1330. The van der Waals surface area contributed by atoms with E-state index in [4.69, 9.17) is 0 Å². The summed E-state index contributed by atoms with van der Waals surface area (Å²) in [4.78, 5) is 29.5. The van der Waals surface area contributed by atoms with Gasteiger partial charge in [-0.1, -0.05) is 49.6 Å². The molecule has 1 fully saturated rings. The number of aromatic nitrogens is 1. The number of phenolic OH excluding ortho intramolecular Hbond substituents is 1. The van der Waals surface area contributed by atoms with Crippen LogP contribution in [0.4, 0.5) is 0 Å². The molecule has 0 radical (unpaired) electrons. The van der Waals surface area contributed by atoms with E-state index in [0.29, 0.717) is 35.3 Å². The fourth-order valence-electron chi connectivity index (χ4n) is 5.83. The third-order valence-electron chi connectivity index (χ3n) is 7.97. The SMILES string of the molecule is CCN(CC1CCCCC1)C(=O)Cc1cccc(CC(C)(C)NC[C@H](O)c2ccc(O)c3[nH]c(=O)ccc23)c1. The van der Waals surface area contributed by atoms with Crippen molar-refractivity contribution in [3.8, 4) is 5.75 Å². The molecule has 1 saturated carbocycles. The molecule has 0 unspecified atom stereocenters. The van der Waals surface area contributed by atoms with Crippen molar-refractivity contribution in [3.63, 3.8) is 0 Å². The molecule has 1 aliphatic rings. The van der Waals surface area contributed by atoms with E-state index in [1.165, 1.54) is 44.2 Å². The largest absolute Gasteiger partial charge is 0.506 e. The number of amides is 1. The van der Waals surface area contributed by atoms with E-state index < -0.39 is 6.10 Å². The van der Waals surface area contributed by atoms with Gasteiger partial charge >= 0.3 is 0 Å². The summed E-state index contributed by atoms with van der Waals surface area (Å²) in [6.45, 7) is 8.18. The fraction of sp³-hybridized carbons (Fsp3) is 0.500. The predicted octanol–water partition coefficient (Wildman–Crippen LogP) is 4.85. The van der Waals surface area contributed by atoms with Crippen molar-refractivity contribution in [1.29, 1.82) is 0 Å². The van der Waals surface area contributed by atoms with E-state index in [-0.39, 0.29) is 22.8 Å². The third-order valence-corrected chi connectivity index (χ3v) is 7.97. The summed E-state index contributed by atoms with van der Waals surface area (Å²) in [7, 11) is 0. The van der Waals surface area contributed by atoms with Gasteiger partial charge in [0, 0.05) is 36.6 Å². The van der Waals surface area contributed by atoms with Gasteiger partial charge in [-0.2, -0.15) is 0 Å². The molecule has 4 rings (SSSR count). The van der Waals surface area contributed by atoms with Crippen molar-refractivity contribution in [1.82, 2.24) is 15.2 Å². The van der Waals surface area contributed by atoms with Crippen LogP contribution in [0.3, 0.4) is 0 Å². The molecule has 1 atom stereocenters. The summed E-state index contributed by atoms with van der Waals surface area (Å²) < 4.78 is 0. The van der Waals surface area contributed by atoms with Gasteiger partial charge in [-0.15, -0.1) is 0 Å². The molecular formula is C32H43N3O4. The van der Waals surface area contributed by atoms with Crippen molar-refractivity contribution in [2.45, 2.75) is 77.4 Å². The van der Waals surface area contributed by atoms with Crippen molar-refractivity contribution in [3.05, 3.63) is 75.6 Å². The number of phenols is 1. The number of hydrogen-bond acceptors (Lipinski definition) is 5. The van der Waals surface area contributed by atoms with Crippen LogP contribution in [0.15, 0.2) is 53.3 Å². The van der Waals surface area contributed by atoms with Gasteiger partial charge < -0.3 is 25.4 Å². The number of fused-ring (bicyclic) bond motifs is 1. The van der Waals surface area contributed by atoms with E-state index in [2.05, 4.69) is 43.2 Å². The van der Waals surface area contributed by atoms with Crippen molar-refractivity contribution in [2.75, 3.05) is 19.6 Å². The third kappa shape index (κ3) is 7.70. The number of aliphatic hydroxyl groups excluding tert-OH is 1. The first-order valence-electron chi connectivity index (χ1n) is 14.3. The average Bonchev–Trinajstić information content (AvgIpc) is 2.91. The zero-order chi connectivity index (χ0) is 28.0. The van der Waals surface area contributed by atoms with E-state index in [1.54, 1.807) is 12.1 Å². The lowest BCUT2D eigenvalue weighted by Gasteiger charge is -2.29. The number of carbonyl (C=O) groups is 1. The molecule has 4 N–H and O–H groups in total. The second-order valence-electron chi connectivity index (χ2n) is 11.7. The number of nitrogens with one attached hydrogen (secondary N) is 2. The van der Waals surface area contributed by atoms with Crippen LogP contribution in [0.5, 0.6) is 5.75 Å². The van der Waals surface area contributed by atoms with Crippen LogP contribution >= 0.6 is 0 Å². The molecule has 0 aliphatic heterocycles. The fourth-order valence-corrected chi connectivity index (χ4v) is 5.83. The first-order valence-corrected chi connectivity index (χ1v) is 14.3. The lowest BCUT2D eigenvalue weighted by Crippen LogP contribution is -2.43. The predicted molar refractivity (Wildman–Crippen MR) is 156 cm³/mol. The van der Waals surface area contributed by atoms with Crippen molar-refractivity contribution >= 4 is 16.8 Å². The first-order chi connectivity index (χ1) is 18.6. The summed E-state index contributed by atoms with van der Waals surface area (Å²) >= 11 is 0. The molecule has 1 heterocycles. The van der Waals surface area contributed by atoms with Gasteiger partial charge in [0.15, 0.2) is 0 Å². The summed E-state index contributed by atoms with van der Waals surface area (Å²) in [6, 6.07) is 14.4. The maximum Gasteiger partial charge on any atom is 0.248 e. The zero-order valence-corrected chi connectivity index (χ0v) is 23.5. The standard InChI is InChI=1S/C32H43N3O4/c1-4-35(21-22-9-6-5-7-10-22)30(39)18-23-11-8-12-24(17-23)19-32(2,3)33-20-28(37)25-13-15-27(36)31-26(25)14-16-29(38)34-31/h8,11-17,22,28,33,36-37H,4-7,9-10,18-21H2,1-3H3,(H,34,38)/t28-/m0/s1. The molecule has 2 aromatic carbocycles. The maximum absolute atomic E-state index is 13.1. The van der Waals surface area contributed by atoms with E-state index >= 15 is 0 Å². The number of carbonyl (C=O) groups excluding carboxylic acids is 1. The Morgan fingerprint density at radius 3 is 2.59 bits per heavy atom. The first kappa shape index (κ1) is 28.8. The number of pyridine rings is 1. The van der Waals surface area contributed by atoms with E-state index in [0.717, 1.165) is 30.6 Å². The quantitative estimate of drug-likeness (QED) is 0.282. The normalized spacial score (nSPS) is 15.4. The number of likely N-dealkylation sites (N-methyl/N-ethyl adjacent to an activating group) is 1. The molecule has 3 aromatic rings. The van der Waals surface area contributed by atoms with E-state index in [1.807, 2.05) is 17.0 Å². The van der Waals surface area contributed by atoms with Gasteiger partial charge in [0.05, 0.1) is 18.0 Å². The molecule has 1 aromatic heterocycles. The number of aliphatic hydroxyl groups is 1. The number of benzene rings is 2. The Labute approximate surface area is 231 Å². The van der Waals surface area contributed by atoms with Gasteiger partial charge in [-0.05, 0) is 74.8 Å². The molecule has 1 amide bonds. The lowest BCUT2D eigenvalue weighted by molar-refractivity contribution is -0.131. The Hall–Kier alpha value is -3.16. The smallest absolute Gasteiger partial charge is 0.248 e. The number of aromatic amines is 1. The molecule has 1 aliphatic carbocycles. The summed E-state index contributed by atoms with van der Waals surface area (Å²) in [6.07, 6.45) is 6.67. The highest BCUT2D eigenvalue weighted by Crippen LogP contribution is 2.29. The number of β-amino-alcohol motifs (C(OH)–C–C–N with tert-alkyl or cyclic N) is 1. The summed E-state index contributed by atoms with van der Waals surface area (Å²) in [5.74, 6) is 0.808. The molecule has 0 saturated heterocycles. The Balaban J connectivity index is 1.36. The van der Waals surface area contributed by atoms with Crippen LogP contribution < -0.4 is 10.9 Å². The van der Waals surface area contributed by atoms with Crippen LogP contribution in [0.1, 0.15) is 75.7 Å². The van der Waals surface area contributed by atoms with Gasteiger partial charge in [0.2, 0.25) is 11.5 Å². The van der Waals surface area contributed by atoms with Gasteiger partial charge in [0.25, 0.3) is 0 Å². The maximum atomic E-state index is 13.1. The number of H-pyrrole nitrogens is 1. The Kier molecular flexibility index (Phi) is 9.46. The number of aromatic hydroxyl groups is 1. The van der Waals surface area contributed by atoms with Crippen molar-refractivity contribution < 1.29 is 15.0 Å². The molecule has 39 heavy (non-hydrogen) atoms. The molecule has 7 nitrogen and oxygen atoms in total. The van der Waals surface area contributed by atoms with Crippen LogP contribution in [-0.4, -0.2) is 51.2 Å². The summed E-state index contributed by atoms with van der Waals surface area (Å²) in [5.41, 5.74) is 2.50. The van der Waals surface area contributed by atoms with Crippen molar-refractivity contribution in [2.24, 2.45) is 5.92 Å². The van der Waals surface area contributed by atoms with Crippen LogP contribution in [0, 0.1) is 5.92 Å². The molecule has 0 bridgehead atoms. The van der Waals surface area contributed by atoms with Gasteiger partial charge in [-0.25, -0.2) is 0 Å². The number of nitrogens with zero attached hydrogens (tertiary/aromatic N) is 1. The minimum Gasteiger partial charge on any atom is -0.506 e. The number of hydrogen-bond donors (Lipinski definition) is 4. The van der Waals surface area contributed by atoms with Crippen LogP contribution in [-0.2, 0) is 17.6 Å². The van der Waals surface area contributed by atoms with Gasteiger partial charge in [0.1, 0.15) is 5.75 Å². The lowest BCUT2D eigenvalue weighted by atomic mass is 9.89. The van der Waals surface area contributed by atoms with Gasteiger partial charge in [-0.3, -0.25) is 9.59 Å². The second-order valence-corrected chi connectivity index (χ2v) is 11.7. The van der Waals surface area contributed by atoms with Crippen LogP contribution in [0.2, 0.25) is 0 Å². The molecule has 7 heteroatoms. The monoisotopic (exact) mass is 533 g/mol. The Morgan fingerprint density at radius 1 is 1.10 bits per heavy atom. The molecule has 0 spiro atoms. The zero-order valence-electron chi connectivity index (χ0n) is 23.5. The highest BCUT2D eigenvalue weighted by atomic mass is 16.3. The second kappa shape index (κ2) is 12.8. The average molecular weight is 534 g/mol.